The molecule has 1 aliphatic heterocycles. The number of rotatable bonds is 1. The molecule has 0 spiro atoms. The average Bonchev–Trinajstić information content (AvgIpc) is 3.01. The number of aromatic amines is 1. The second-order valence-electron chi connectivity index (χ2n) is 4.41. The molecule has 0 saturated heterocycles. The van der Waals surface area contributed by atoms with Crippen molar-refractivity contribution in [2.24, 2.45) is 0 Å². The van der Waals surface area contributed by atoms with Crippen molar-refractivity contribution in [3.05, 3.63) is 57.9 Å². The Bertz CT molecular complexity index is 667. The molecule has 0 fully saturated rings. The lowest BCUT2D eigenvalue weighted by Gasteiger charge is -2.23. The van der Waals surface area contributed by atoms with Crippen LogP contribution in [0.15, 0.2) is 41.9 Å². The molecule has 84 valence electrons. The number of thiophene rings is 1. The number of hydrogen-bond acceptors (Lipinski definition) is 2. The van der Waals surface area contributed by atoms with Crippen LogP contribution in [0.4, 0.5) is 0 Å². The number of hydrogen-bond donors (Lipinski definition) is 2. The second-order valence-corrected chi connectivity index (χ2v) is 5.39. The third-order valence-electron chi connectivity index (χ3n) is 3.46. The molecule has 0 aliphatic carbocycles. The van der Waals surface area contributed by atoms with Crippen molar-refractivity contribution in [1.82, 2.24) is 10.3 Å². The lowest BCUT2D eigenvalue weighted by atomic mass is 9.96. The van der Waals surface area contributed by atoms with Gasteiger partial charge in [0.2, 0.25) is 0 Å². The highest BCUT2D eigenvalue weighted by molar-refractivity contribution is 7.10. The molecule has 4 rings (SSSR count). The minimum absolute atomic E-state index is 0.346. The lowest BCUT2D eigenvalue weighted by Crippen LogP contribution is -2.24. The summed E-state index contributed by atoms with van der Waals surface area (Å²) < 4.78 is 0. The third kappa shape index (κ3) is 1.30. The number of benzene rings is 1. The summed E-state index contributed by atoms with van der Waals surface area (Å²) >= 11 is 1.82. The van der Waals surface area contributed by atoms with E-state index < -0.39 is 0 Å². The van der Waals surface area contributed by atoms with Gasteiger partial charge in [-0.1, -0.05) is 18.2 Å². The van der Waals surface area contributed by atoms with Crippen LogP contribution in [0, 0.1) is 0 Å². The van der Waals surface area contributed by atoms with Crippen molar-refractivity contribution in [3.63, 3.8) is 0 Å². The molecular formula is C14H12N2S. The van der Waals surface area contributed by atoms with Gasteiger partial charge in [0.1, 0.15) is 0 Å². The Morgan fingerprint density at radius 1 is 1.18 bits per heavy atom. The molecule has 2 aromatic heterocycles. The highest BCUT2D eigenvalue weighted by Gasteiger charge is 2.23. The first-order valence-corrected chi connectivity index (χ1v) is 6.67. The summed E-state index contributed by atoms with van der Waals surface area (Å²) in [5.41, 5.74) is 4.02. The zero-order chi connectivity index (χ0) is 11.2. The molecule has 1 aromatic carbocycles. The Morgan fingerprint density at radius 2 is 2.18 bits per heavy atom. The molecule has 2 nitrogen and oxygen atoms in total. The lowest BCUT2D eigenvalue weighted by molar-refractivity contribution is 0.605. The van der Waals surface area contributed by atoms with Crippen molar-refractivity contribution < 1.29 is 0 Å². The highest BCUT2D eigenvalue weighted by Crippen LogP contribution is 2.36. The van der Waals surface area contributed by atoms with Crippen LogP contribution < -0.4 is 5.32 Å². The molecule has 1 unspecified atom stereocenters. The minimum atomic E-state index is 0.346. The molecule has 0 saturated carbocycles. The van der Waals surface area contributed by atoms with Crippen molar-refractivity contribution in [2.45, 2.75) is 12.6 Å². The van der Waals surface area contributed by atoms with Crippen LogP contribution in [0.5, 0.6) is 0 Å². The van der Waals surface area contributed by atoms with Crippen molar-refractivity contribution in [1.29, 1.82) is 0 Å². The first-order chi connectivity index (χ1) is 8.43. The molecule has 17 heavy (non-hydrogen) atoms. The quantitative estimate of drug-likeness (QED) is 0.670. The van der Waals surface area contributed by atoms with Gasteiger partial charge in [0.15, 0.2) is 0 Å². The van der Waals surface area contributed by atoms with E-state index in [9.17, 15) is 0 Å². The van der Waals surface area contributed by atoms with E-state index in [1.165, 1.54) is 26.9 Å². The molecular weight excluding hydrogens is 228 g/mol. The Balaban J connectivity index is 1.98. The van der Waals surface area contributed by atoms with Crippen molar-refractivity contribution in [3.8, 4) is 0 Å². The Labute approximate surface area is 103 Å². The summed E-state index contributed by atoms with van der Waals surface area (Å²) in [6.45, 7) is 0.949. The van der Waals surface area contributed by atoms with E-state index in [1.54, 1.807) is 0 Å². The smallest absolute Gasteiger partial charge is 0.0694 e. The van der Waals surface area contributed by atoms with Crippen LogP contribution in [0.2, 0.25) is 0 Å². The van der Waals surface area contributed by atoms with Gasteiger partial charge in [0.25, 0.3) is 0 Å². The van der Waals surface area contributed by atoms with Gasteiger partial charge in [-0.05, 0) is 28.6 Å². The zero-order valence-electron chi connectivity index (χ0n) is 9.23. The van der Waals surface area contributed by atoms with Gasteiger partial charge in [0, 0.05) is 28.5 Å². The van der Waals surface area contributed by atoms with Gasteiger partial charge >= 0.3 is 0 Å². The SMILES string of the molecule is c1csc(C2NCc3cccc4[nH]cc2c34)c1. The van der Waals surface area contributed by atoms with E-state index in [1.807, 2.05) is 11.3 Å². The second kappa shape index (κ2) is 3.45. The molecule has 3 aromatic rings. The van der Waals surface area contributed by atoms with Crippen molar-refractivity contribution >= 4 is 22.2 Å². The summed E-state index contributed by atoms with van der Waals surface area (Å²) in [7, 11) is 0. The van der Waals surface area contributed by atoms with Gasteiger partial charge in [0.05, 0.1) is 6.04 Å². The molecule has 1 aliphatic rings. The molecule has 3 heteroatoms. The van der Waals surface area contributed by atoms with Crippen LogP contribution in [0.1, 0.15) is 22.0 Å². The van der Waals surface area contributed by atoms with Crippen LogP contribution in [-0.4, -0.2) is 4.98 Å². The Kier molecular flexibility index (Phi) is 1.92. The van der Waals surface area contributed by atoms with Crippen LogP contribution in [0.3, 0.4) is 0 Å². The molecule has 1 atom stereocenters. The van der Waals surface area contributed by atoms with Gasteiger partial charge in [-0.25, -0.2) is 0 Å². The fourth-order valence-corrected chi connectivity index (χ4v) is 3.51. The largest absolute Gasteiger partial charge is 0.361 e. The fourth-order valence-electron chi connectivity index (χ4n) is 2.70. The topological polar surface area (TPSA) is 27.8 Å². The minimum Gasteiger partial charge on any atom is -0.361 e. The standard InChI is InChI=1S/C14H12N2S/c1-3-9-7-16-14(12-5-2-6-17-12)10-8-15-11(4-1)13(9)10/h1-6,8,14-16H,7H2. The van der Waals surface area contributed by atoms with Crippen LogP contribution >= 0.6 is 11.3 Å². The molecule has 0 radical (unpaired) electrons. The zero-order valence-corrected chi connectivity index (χ0v) is 10.1. The van der Waals surface area contributed by atoms with Crippen LogP contribution in [0.25, 0.3) is 10.9 Å². The summed E-state index contributed by atoms with van der Waals surface area (Å²) in [6, 6.07) is 11.1. The van der Waals surface area contributed by atoms with Gasteiger partial charge in [-0.3, -0.25) is 0 Å². The van der Waals surface area contributed by atoms with E-state index in [4.69, 9.17) is 0 Å². The van der Waals surface area contributed by atoms with E-state index in [0.717, 1.165) is 6.54 Å². The Hall–Kier alpha value is -1.58. The highest BCUT2D eigenvalue weighted by atomic mass is 32.1. The summed E-state index contributed by atoms with van der Waals surface area (Å²) in [5, 5.41) is 7.16. The van der Waals surface area contributed by atoms with Crippen molar-refractivity contribution in [2.75, 3.05) is 0 Å². The number of aromatic nitrogens is 1. The molecule has 2 N–H and O–H groups in total. The van der Waals surface area contributed by atoms with E-state index in [0.29, 0.717) is 6.04 Å². The third-order valence-corrected chi connectivity index (χ3v) is 4.40. The Morgan fingerprint density at radius 3 is 3.06 bits per heavy atom. The number of H-pyrrole nitrogens is 1. The summed E-state index contributed by atoms with van der Waals surface area (Å²) in [4.78, 5) is 4.77. The maximum Gasteiger partial charge on any atom is 0.0694 e. The normalized spacial score (nSPS) is 18.7. The summed E-state index contributed by atoms with van der Waals surface area (Å²) in [6.07, 6.45) is 2.14. The molecule has 3 heterocycles. The maximum atomic E-state index is 3.61. The molecule has 0 bridgehead atoms. The van der Waals surface area contributed by atoms with E-state index in [-0.39, 0.29) is 0 Å². The monoisotopic (exact) mass is 240 g/mol. The van der Waals surface area contributed by atoms with E-state index in [2.05, 4.69) is 52.2 Å². The fraction of sp³-hybridized carbons (Fsp3) is 0.143. The summed E-state index contributed by atoms with van der Waals surface area (Å²) in [5.74, 6) is 0. The van der Waals surface area contributed by atoms with Gasteiger partial charge in [-0.15, -0.1) is 11.3 Å². The number of nitrogens with one attached hydrogen (secondary N) is 2. The van der Waals surface area contributed by atoms with E-state index >= 15 is 0 Å². The average molecular weight is 240 g/mol. The van der Waals surface area contributed by atoms with Gasteiger partial charge < -0.3 is 10.3 Å². The maximum absolute atomic E-state index is 3.61. The predicted molar refractivity (Wildman–Crippen MR) is 71.3 cm³/mol. The first kappa shape index (κ1) is 9.45. The first-order valence-electron chi connectivity index (χ1n) is 5.79. The van der Waals surface area contributed by atoms with Crippen LogP contribution in [-0.2, 0) is 6.54 Å². The molecule has 0 amide bonds. The van der Waals surface area contributed by atoms with Gasteiger partial charge in [-0.2, -0.15) is 0 Å². The predicted octanol–water partition coefficient (Wildman–Crippen LogP) is 3.42.